The van der Waals surface area contributed by atoms with E-state index < -0.39 is 0 Å². The Balaban J connectivity index is 1.13. The van der Waals surface area contributed by atoms with Crippen molar-refractivity contribution in [3.8, 4) is 33.4 Å². The zero-order chi connectivity index (χ0) is 38.6. The quantitative estimate of drug-likeness (QED) is 0.180. The van der Waals surface area contributed by atoms with Crippen molar-refractivity contribution < 1.29 is 4.42 Å². The molecule has 0 saturated heterocycles. The summed E-state index contributed by atoms with van der Waals surface area (Å²) in [6.45, 7) is 14.4. The molecule has 8 aromatic carbocycles. The number of hydrogen-bond donors (Lipinski definition) is 0. The Labute approximate surface area is 334 Å². The molecular weight excluding hydrogens is 691 g/mol. The van der Waals surface area contributed by atoms with Gasteiger partial charge in [-0.1, -0.05) is 139 Å². The Morgan fingerprint density at radius 2 is 0.965 bits per heavy atom. The SMILES string of the molecule is CC1(C)c2ccccc2-c2ccc(N(c3ccc4c(c3)oc3ccccc34)c3cccc4c3-c3cc5c(cc3C4(C)C)-c3cccc4cccc(c34)C5(C)C)cc21. The van der Waals surface area contributed by atoms with Gasteiger partial charge in [0.2, 0.25) is 0 Å². The van der Waals surface area contributed by atoms with E-state index in [1.165, 1.54) is 83.2 Å². The molecular formula is C55H43NO. The van der Waals surface area contributed by atoms with Gasteiger partial charge in [0.1, 0.15) is 11.2 Å². The lowest BCUT2D eigenvalue weighted by Gasteiger charge is -2.36. The van der Waals surface area contributed by atoms with Gasteiger partial charge in [-0.05, 0) is 121 Å². The van der Waals surface area contributed by atoms with E-state index in [9.17, 15) is 0 Å². The van der Waals surface area contributed by atoms with Gasteiger partial charge in [0.15, 0.2) is 0 Å². The summed E-state index contributed by atoms with van der Waals surface area (Å²) in [4.78, 5) is 2.50. The fourth-order valence-corrected chi connectivity index (χ4v) is 11.1. The van der Waals surface area contributed by atoms with Crippen LogP contribution in [0.25, 0.3) is 66.1 Å². The largest absolute Gasteiger partial charge is 0.456 e. The van der Waals surface area contributed by atoms with Crippen molar-refractivity contribution in [2.45, 2.75) is 57.8 Å². The molecule has 1 heterocycles. The average Bonchev–Trinajstić information content (AvgIpc) is 3.79. The number of hydrogen-bond acceptors (Lipinski definition) is 2. The van der Waals surface area contributed by atoms with Crippen molar-refractivity contribution in [1.82, 2.24) is 0 Å². The van der Waals surface area contributed by atoms with Crippen LogP contribution in [0, 0.1) is 0 Å². The summed E-state index contributed by atoms with van der Waals surface area (Å²) in [7, 11) is 0. The predicted molar refractivity (Wildman–Crippen MR) is 239 cm³/mol. The first-order valence-corrected chi connectivity index (χ1v) is 20.3. The third-order valence-electron chi connectivity index (χ3n) is 14.0. The van der Waals surface area contributed by atoms with E-state index in [-0.39, 0.29) is 16.2 Å². The summed E-state index contributed by atoms with van der Waals surface area (Å²) in [5.41, 5.74) is 20.9. The standard InChI is InChI=1S/C55H43NO/c1-53(2)42-19-9-7-16-35(42)36-26-24-33(28-45(36)53)56(34-25-27-38-37-17-8-10-23-49(37)57-50(38)29-34)48-22-13-21-44-52(48)41-31-46-40(30-47(41)55(44,5)6)39-18-11-14-32-15-12-20-43(51(32)39)54(46,3)4/h7-31H,1-6H3. The Hall–Kier alpha value is -6.38. The highest BCUT2D eigenvalue weighted by molar-refractivity contribution is 6.08. The number of fused-ring (bicyclic) bond motifs is 11. The number of rotatable bonds is 3. The smallest absolute Gasteiger partial charge is 0.137 e. The van der Waals surface area contributed by atoms with Crippen LogP contribution < -0.4 is 4.90 Å². The molecule has 0 aliphatic heterocycles. The molecule has 274 valence electrons. The third-order valence-corrected chi connectivity index (χ3v) is 14.0. The van der Waals surface area contributed by atoms with Crippen LogP contribution in [0.1, 0.15) is 74.9 Å². The monoisotopic (exact) mass is 733 g/mol. The average molecular weight is 734 g/mol. The molecule has 0 saturated carbocycles. The number of nitrogens with zero attached hydrogens (tertiary/aromatic N) is 1. The van der Waals surface area contributed by atoms with Gasteiger partial charge in [-0.2, -0.15) is 0 Å². The molecule has 0 radical (unpaired) electrons. The molecule has 0 N–H and O–H groups in total. The second-order valence-electron chi connectivity index (χ2n) is 18.1. The van der Waals surface area contributed by atoms with E-state index in [0.717, 1.165) is 33.3 Å². The molecule has 12 rings (SSSR count). The first-order valence-electron chi connectivity index (χ1n) is 20.3. The molecule has 3 aliphatic rings. The minimum Gasteiger partial charge on any atom is -0.456 e. The normalized spacial score (nSPS) is 16.0. The van der Waals surface area contributed by atoms with Crippen molar-refractivity contribution in [2.24, 2.45) is 0 Å². The van der Waals surface area contributed by atoms with Crippen LogP contribution in [0.3, 0.4) is 0 Å². The fourth-order valence-electron chi connectivity index (χ4n) is 11.1. The summed E-state index contributed by atoms with van der Waals surface area (Å²) < 4.78 is 6.56. The van der Waals surface area contributed by atoms with E-state index in [0.29, 0.717) is 0 Å². The second-order valence-corrected chi connectivity index (χ2v) is 18.1. The summed E-state index contributed by atoms with van der Waals surface area (Å²) in [6.07, 6.45) is 0. The summed E-state index contributed by atoms with van der Waals surface area (Å²) in [6, 6.07) is 56.9. The molecule has 0 atom stereocenters. The maximum Gasteiger partial charge on any atom is 0.137 e. The maximum atomic E-state index is 6.56. The molecule has 3 aliphatic carbocycles. The van der Waals surface area contributed by atoms with Crippen LogP contribution in [-0.2, 0) is 16.2 Å². The molecule has 2 heteroatoms. The predicted octanol–water partition coefficient (Wildman–Crippen LogP) is 15.1. The molecule has 57 heavy (non-hydrogen) atoms. The highest BCUT2D eigenvalue weighted by atomic mass is 16.3. The van der Waals surface area contributed by atoms with Gasteiger partial charge in [-0.15, -0.1) is 0 Å². The first-order chi connectivity index (χ1) is 27.5. The zero-order valence-corrected chi connectivity index (χ0v) is 33.3. The molecule has 2 nitrogen and oxygen atoms in total. The summed E-state index contributed by atoms with van der Waals surface area (Å²) in [5, 5.41) is 4.98. The van der Waals surface area contributed by atoms with Crippen LogP contribution >= 0.6 is 0 Å². The van der Waals surface area contributed by atoms with Gasteiger partial charge in [-0.25, -0.2) is 0 Å². The van der Waals surface area contributed by atoms with Crippen LogP contribution in [0.2, 0.25) is 0 Å². The van der Waals surface area contributed by atoms with Crippen LogP contribution in [0.15, 0.2) is 156 Å². The van der Waals surface area contributed by atoms with Crippen LogP contribution in [-0.4, -0.2) is 0 Å². The fraction of sp³-hybridized carbons (Fsp3) is 0.164. The van der Waals surface area contributed by atoms with Crippen molar-refractivity contribution in [3.05, 3.63) is 185 Å². The Bertz CT molecular complexity index is 3220. The van der Waals surface area contributed by atoms with Crippen molar-refractivity contribution in [1.29, 1.82) is 0 Å². The minimum absolute atomic E-state index is 0.132. The molecule has 0 amide bonds. The van der Waals surface area contributed by atoms with E-state index in [1.807, 2.05) is 6.07 Å². The van der Waals surface area contributed by atoms with Gasteiger partial charge in [0.25, 0.3) is 0 Å². The van der Waals surface area contributed by atoms with Crippen LogP contribution in [0.4, 0.5) is 17.1 Å². The number of anilines is 3. The lowest BCUT2D eigenvalue weighted by atomic mass is 9.67. The Kier molecular flexibility index (Phi) is 6.29. The number of benzene rings is 8. The molecule has 0 unspecified atom stereocenters. The number of furan rings is 1. The number of para-hydroxylation sites is 1. The Morgan fingerprint density at radius 1 is 0.386 bits per heavy atom. The lowest BCUT2D eigenvalue weighted by Crippen LogP contribution is -2.24. The second kappa shape index (κ2) is 10.9. The van der Waals surface area contributed by atoms with Crippen molar-refractivity contribution in [2.75, 3.05) is 4.90 Å². The van der Waals surface area contributed by atoms with Crippen molar-refractivity contribution >= 4 is 49.8 Å². The van der Waals surface area contributed by atoms with Gasteiger partial charge in [0.05, 0.1) is 5.69 Å². The van der Waals surface area contributed by atoms with Crippen LogP contribution in [0.5, 0.6) is 0 Å². The molecule has 0 bridgehead atoms. The van der Waals surface area contributed by atoms with E-state index in [1.54, 1.807) is 0 Å². The zero-order valence-electron chi connectivity index (χ0n) is 33.3. The van der Waals surface area contributed by atoms with E-state index in [4.69, 9.17) is 4.42 Å². The first kappa shape index (κ1) is 32.8. The van der Waals surface area contributed by atoms with Crippen molar-refractivity contribution in [3.63, 3.8) is 0 Å². The summed E-state index contributed by atoms with van der Waals surface area (Å²) >= 11 is 0. The maximum absolute atomic E-state index is 6.56. The topological polar surface area (TPSA) is 16.4 Å². The molecule has 0 fully saturated rings. The van der Waals surface area contributed by atoms with Gasteiger partial charge in [0, 0.05) is 50.0 Å². The van der Waals surface area contributed by atoms with Gasteiger partial charge >= 0.3 is 0 Å². The Morgan fingerprint density at radius 3 is 1.84 bits per heavy atom. The molecule has 9 aromatic rings. The van der Waals surface area contributed by atoms with E-state index in [2.05, 4.69) is 192 Å². The highest BCUT2D eigenvalue weighted by Crippen LogP contribution is 2.59. The van der Waals surface area contributed by atoms with E-state index >= 15 is 0 Å². The lowest BCUT2D eigenvalue weighted by molar-refractivity contribution is 0.639. The summed E-state index contributed by atoms with van der Waals surface area (Å²) in [5.74, 6) is 0. The third kappa shape index (κ3) is 4.20. The highest BCUT2D eigenvalue weighted by Gasteiger charge is 2.42. The molecule has 0 spiro atoms. The molecule has 1 aromatic heterocycles. The minimum atomic E-state index is -0.208. The van der Waals surface area contributed by atoms with Gasteiger partial charge < -0.3 is 9.32 Å². The van der Waals surface area contributed by atoms with Gasteiger partial charge in [-0.3, -0.25) is 0 Å².